The highest BCUT2D eigenvalue weighted by Gasteiger charge is 2.39. The first-order chi connectivity index (χ1) is 6.77. The molecule has 1 saturated heterocycles. The zero-order chi connectivity index (χ0) is 9.71. The molecule has 74 valence electrons. The van der Waals surface area contributed by atoms with Crippen LogP contribution in [0.4, 0.5) is 0 Å². The highest BCUT2D eigenvalue weighted by molar-refractivity contribution is 5.27. The molecule has 14 heavy (non-hydrogen) atoms. The van der Waals surface area contributed by atoms with Gasteiger partial charge in [-0.3, -0.25) is 9.69 Å². The van der Waals surface area contributed by atoms with Crippen LogP contribution < -0.4 is 5.43 Å². The van der Waals surface area contributed by atoms with Gasteiger partial charge < -0.3 is 4.42 Å². The Morgan fingerprint density at radius 3 is 3.21 bits per heavy atom. The van der Waals surface area contributed by atoms with Crippen molar-refractivity contribution < 1.29 is 4.42 Å². The molecule has 3 heterocycles. The minimum atomic E-state index is 0.142. The van der Waals surface area contributed by atoms with E-state index in [4.69, 9.17) is 4.42 Å². The summed E-state index contributed by atoms with van der Waals surface area (Å²) in [4.78, 5) is 14.0. The average molecular weight is 191 g/mol. The topological polar surface area (TPSA) is 33.5 Å². The molecule has 0 unspecified atom stereocenters. The first-order valence-corrected chi connectivity index (χ1v) is 5.10. The van der Waals surface area contributed by atoms with Gasteiger partial charge in [0.25, 0.3) is 0 Å². The largest absolute Gasteiger partial charge is 0.469 e. The van der Waals surface area contributed by atoms with Crippen molar-refractivity contribution >= 4 is 0 Å². The lowest BCUT2D eigenvalue weighted by molar-refractivity contribution is 0.204. The van der Waals surface area contributed by atoms with E-state index in [-0.39, 0.29) is 5.43 Å². The highest BCUT2D eigenvalue weighted by atomic mass is 16.3. The van der Waals surface area contributed by atoms with Gasteiger partial charge in [-0.2, -0.15) is 0 Å². The van der Waals surface area contributed by atoms with Gasteiger partial charge in [-0.05, 0) is 19.9 Å². The molecule has 2 aliphatic rings. The Balaban J connectivity index is 2.22. The second-order valence-electron chi connectivity index (χ2n) is 4.24. The summed E-state index contributed by atoms with van der Waals surface area (Å²) in [7, 11) is 2.11. The lowest BCUT2D eigenvalue weighted by Gasteiger charge is -2.31. The number of fused-ring (bicyclic) bond motifs is 4. The number of rotatable bonds is 0. The van der Waals surface area contributed by atoms with Crippen LogP contribution in [-0.2, 0) is 6.42 Å². The lowest BCUT2D eigenvalue weighted by Crippen LogP contribution is -2.36. The van der Waals surface area contributed by atoms with Crippen molar-refractivity contribution in [2.45, 2.75) is 31.3 Å². The van der Waals surface area contributed by atoms with E-state index in [1.165, 1.54) is 18.8 Å². The van der Waals surface area contributed by atoms with Gasteiger partial charge in [0.2, 0.25) is 0 Å². The Morgan fingerprint density at radius 1 is 1.50 bits per heavy atom. The van der Waals surface area contributed by atoms with Crippen LogP contribution in [0.2, 0.25) is 0 Å². The van der Waals surface area contributed by atoms with Crippen LogP contribution in [0.15, 0.2) is 21.5 Å². The van der Waals surface area contributed by atoms with Crippen LogP contribution in [-0.4, -0.2) is 18.0 Å². The lowest BCUT2D eigenvalue weighted by atomic mass is 10.00. The summed E-state index contributed by atoms with van der Waals surface area (Å²) in [6.45, 7) is 0. The summed E-state index contributed by atoms with van der Waals surface area (Å²) in [5.74, 6) is 0.920. The Bertz CT molecular complexity index is 424. The van der Waals surface area contributed by atoms with Crippen LogP contribution in [0.5, 0.6) is 0 Å². The van der Waals surface area contributed by atoms with E-state index in [1.807, 2.05) is 0 Å². The Labute approximate surface area is 82.3 Å². The molecule has 0 aliphatic carbocycles. The monoisotopic (exact) mass is 191 g/mol. The predicted octanol–water partition coefficient (Wildman–Crippen LogP) is 1.33. The van der Waals surface area contributed by atoms with Crippen LogP contribution in [0.25, 0.3) is 0 Å². The zero-order valence-electron chi connectivity index (χ0n) is 8.19. The van der Waals surface area contributed by atoms with E-state index in [1.54, 1.807) is 0 Å². The summed E-state index contributed by atoms with van der Waals surface area (Å²) >= 11 is 0. The van der Waals surface area contributed by atoms with Crippen molar-refractivity contribution in [3.63, 3.8) is 0 Å². The van der Waals surface area contributed by atoms with Crippen molar-refractivity contribution in [3.8, 4) is 0 Å². The third-order valence-corrected chi connectivity index (χ3v) is 3.59. The molecule has 0 amide bonds. The van der Waals surface area contributed by atoms with Gasteiger partial charge in [0.05, 0.1) is 11.8 Å². The molecule has 0 spiro atoms. The molecule has 0 radical (unpaired) electrons. The molecule has 3 nitrogen and oxygen atoms in total. The first-order valence-electron chi connectivity index (χ1n) is 5.10. The molecule has 0 saturated carbocycles. The molecule has 2 atom stereocenters. The molecule has 2 bridgehead atoms. The Hall–Kier alpha value is -1.09. The van der Waals surface area contributed by atoms with Gasteiger partial charge in [0.1, 0.15) is 5.76 Å². The SMILES string of the molecule is CN1[C@H]2CC[C@@H]1c1c(occc1=O)C2. The zero-order valence-corrected chi connectivity index (χ0v) is 8.19. The van der Waals surface area contributed by atoms with E-state index in [0.717, 1.165) is 24.2 Å². The van der Waals surface area contributed by atoms with E-state index in [9.17, 15) is 4.79 Å². The van der Waals surface area contributed by atoms with Crippen LogP contribution >= 0.6 is 0 Å². The molecule has 0 N–H and O–H groups in total. The molecular formula is C11H13NO2. The van der Waals surface area contributed by atoms with Crippen molar-refractivity contribution in [2.75, 3.05) is 7.05 Å². The third-order valence-electron chi connectivity index (χ3n) is 3.59. The van der Waals surface area contributed by atoms with Crippen molar-refractivity contribution in [2.24, 2.45) is 0 Å². The van der Waals surface area contributed by atoms with Gasteiger partial charge in [-0.25, -0.2) is 0 Å². The molecule has 0 aromatic carbocycles. The minimum absolute atomic E-state index is 0.142. The number of hydrogen-bond donors (Lipinski definition) is 0. The summed E-state index contributed by atoms with van der Waals surface area (Å²) < 4.78 is 5.43. The smallest absolute Gasteiger partial charge is 0.189 e. The number of likely N-dealkylation sites (N-methyl/N-ethyl adjacent to an activating group) is 1. The van der Waals surface area contributed by atoms with Gasteiger partial charge >= 0.3 is 0 Å². The van der Waals surface area contributed by atoms with Crippen molar-refractivity contribution in [1.29, 1.82) is 0 Å². The standard InChI is InChI=1S/C11H13NO2/c1-12-7-2-3-8(12)11-9(13)4-5-14-10(11)6-7/h4-5,7-8H,2-3,6H2,1H3/t7-,8+/m0/s1. The normalized spacial score (nSPS) is 30.4. The molecule has 1 fully saturated rings. The molecular weight excluding hydrogens is 178 g/mol. The minimum Gasteiger partial charge on any atom is -0.469 e. The maximum absolute atomic E-state index is 11.7. The van der Waals surface area contributed by atoms with Crippen LogP contribution in [0.1, 0.15) is 30.2 Å². The quantitative estimate of drug-likeness (QED) is 0.620. The third kappa shape index (κ3) is 0.932. The van der Waals surface area contributed by atoms with Gasteiger partial charge in [-0.1, -0.05) is 0 Å². The second kappa shape index (κ2) is 2.70. The Morgan fingerprint density at radius 2 is 2.36 bits per heavy atom. The fourth-order valence-corrected chi connectivity index (χ4v) is 2.80. The summed E-state index contributed by atoms with van der Waals surface area (Å²) in [6, 6.07) is 2.42. The van der Waals surface area contributed by atoms with Crippen LogP contribution in [0, 0.1) is 0 Å². The molecule has 1 aromatic heterocycles. The van der Waals surface area contributed by atoms with Gasteiger partial charge in [-0.15, -0.1) is 0 Å². The molecule has 3 heteroatoms. The highest BCUT2D eigenvalue weighted by Crippen LogP contribution is 2.40. The molecule has 3 rings (SSSR count). The van der Waals surface area contributed by atoms with Crippen molar-refractivity contribution in [1.82, 2.24) is 4.90 Å². The van der Waals surface area contributed by atoms with E-state index in [0.29, 0.717) is 12.1 Å². The predicted molar refractivity (Wildman–Crippen MR) is 52.2 cm³/mol. The van der Waals surface area contributed by atoms with Gasteiger partial charge in [0, 0.05) is 24.6 Å². The maximum atomic E-state index is 11.7. The average Bonchev–Trinajstić information content (AvgIpc) is 2.44. The summed E-state index contributed by atoms with van der Waals surface area (Å²) in [5.41, 5.74) is 1.05. The van der Waals surface area contributed by atoms with Gasteiger partial charge in [0.15, 0.2) is 5.43 Å². The Kier molecular flexibility index (Phi) is 1.59. The fourth-order valence-electron chi connectivity index (χ4n) is 2.80. The number of nitrogens with zero attached hydrogens (tertiary/aromatic N) is 1. The van der Waals surface area contributed by atoms with E-state index >= 15 is 0 Å². The van der Waals surface area contributed by atoms with E-state index < -0.39 is 0 Å². The summed E-state index contributed by atoms with van der Waals surface area (Å²) in [6.07, 6.45) is 4.71. The molecule has 1 aromatic rings. The van der Waals surface area contributed by atoms with Crippen molar-refractivity contribution in [3.05, 3.63) is 33.9 Å². The fraction of sp³-hybridized carbons (Fsp3) is 0.545. The number of hydrogen-bond acceptors (Lipinski definition) is 3. The van der Waals surface area contributed by atoms with E-state index in [2.05, 4.69) is 11.9 Å². The summed E-state index contributed by atoms with van der Waals surface area (Å²) in [5, 5.41) is 0. The first kappa shape index (κ1) is 8.24. The van der Waals surface area contributed by atoms with Crippen LogP contribution in [0.3, 0.4) is 0 Å². The maximum Gasteiger partial charge on any atom is 0.189 e. The molecule has 2 aliphatic heterocycles. The second-order valence-corrected chi connectivity index (χ2v) is 4.24.